The Bertz CT molecular complexity index is 560. The maximum atomic E-state index is 13.7. The number of carbonyl (C=O) groups excluding carboxylic acids is 1. The third kappa shape index (κ3) is 5.38. The molecule has 0 aliphatic carbocycles. The van der Waals surface area contributed by atoms with E-state index in [1.54, 1.807) is 30.1 Å². The molecular weight excluding hydrogens is 343 g/mol. The van der Waals surface area contributed by atoms with Crippen LogP contribution in [-0.4, -0.2) is 79.5 Å². The average Bonchev–Trinajstić information content (AvgIpc) is 3.12. The van der Waals surface area contributed by atoms with Crippen LogP contribution in [0.5, 0.6) is 0 Å². The minimum atomic E-state index is -0.254. The first-order valence-electron chi connectivity index (χ1n) is 8.78. The van der Waals surface area contributed by atoms with Crippen LogP contribution in [0.1, 0.15) is 12.0 Å². The van der Waals surface area contributed by atoms with Gasteiger partial charge in [0.2, 0.25) is 5.91 Å². The van der Waals surface area contributed by atoms with Gasteiger partial charge in [0.1, 0.15) is 5.82 Å². The van der Waals surface area contributed by atoms with Crippen molar-refractivity contribution in [1.29, 1.82) is 0 Å². The maximum Gasteiger partial charge on any atom is 0.236 e. The highest BCUT2D eigenvalue weighted by Gasteiger charge is 2.27. The molecule has 0 radical (unpaired) electrons. The van der Waals surface area contributed by atoms with Crippen molar-refractivity contribution in [1.82, 2.24) is 20.0 Å². The van der Waals surface area contributed by atoms with E-state index < -0.39 is 0 Å². The molecule has 140 valence electrons. The number of nitrogens with one attached hydrogen (secondary N) is 1. The van der Waals surface area contributed by atoms with Crippen LogP contribution >= 0.6 is 12.4 Å². The molecule has 2 aliphatic rings. The summed E-state index contributed by atoms with van der Waals surface area (Å²) < 4.78 is 13.7. The predicted octanol–water partition coefficient (Wildman–Crippen LogP) is 1.19. The lowest BCUT2D eigenvalue weighted by molar-refractivity contribution is -0.132. The zero-order valence-electron chi connectivity index (χ0n) is 14.8. The molecule has 3 rings (SSSR count). The summed E-state index contributed by atoms with van der Waals surface area (Å²) in [6.45, 7) is 6.84. The number of piperazine rings is 1. The van der Waals surface area contributed by atoms with Gasteiger partial charge in [0.05, 0.1) is 6.54 Å². The van der Waals surface area contributed by atoms with E-state index in [1.165, 1.54) is 12.5 Å². The number of nitrogens with zero attached hydrogens (tertiary/aromatic N) is 3. The molecule has 1 amide bonds. The molecule has 1 N–H and O–H groups in total. The second-order valence-electron chi connectivity index (χ2n) is 6.80. The number of halogens is 2. The van der Waals surface area contributed by atoms with Crippen molar-refractivity contribution < 1.29 is 9.18 Å². The zero-order valence-corrected chi connectivity index (χ0v) is 15.6. The smallest absolute Gasteiger partial charge is 0.236 e. The first-order valence-corrected chi connectivity index (χ1v) is 8.78. The summed E-state index contributed by atoms with van der Waals surface area (Å²) in [5.74, 6) is -0.204. The van der Waals surface area contributed by atoms with Crippen molar-refractivity contribution in [2.24, 2.45) is 0 Å². The van der Waals surface area contributed by atoms with Crippen LogP contribution in [0, 0.1) is 5.82 Å². The van der Waals surface area contributed by atoms with Gasteiger partial charge in [0.25, 0.3) is 0 Å². The van der Waals surface area contributed by atoms with Crippen molar-refractivity contribution in [3.8, 4) is 0 Å². The van der Waals surface area contributed by atoms with Gasteiger partial charge in [-0.15, -0.1) is 12.4 Å². The van der Waals surface area contributed by atoms with E-state index >= 15 is 0 Å². The Hall–Kier alpha value is -1.21. The summed E-state index contributed by atoms with van der Waals surface area (Å²) in [5, 5.41) is 3.41. The van der Waals surface area contributed by atoms with Gasteiger partial charge in [-0.2, -0.15) is 0 Å². The molecule has 0 spiro atoms. The largest absolute Gasteiger partial charge is 0.340 e. The number of hydrogen-bond acceptors (Lipinski definition) is 4. The molecule has 0 aromatic heterocycles. The normalized spacial score (nSPS) is 21.8. The molecule has 2 heterocycles. The van der Waals surface area contributed by atoms with Crippen LogP contribution in [-0.2, 0) is 11.3 Å². The van der Waals surface area contributed by atoms with Crippen LogP contribution in [0.2, 0.25) is 0 Å². The first-order chi connectivity index (χ1) is 11.6. The van der Waals surface area contributed by atoms with Crippen molar-refractivity contribution >= 4 is 18.3 Å². The highest BCUT2D eigenvalue weighted by Crippen LogP contribution is 2.13. The van der Waals surface area contributed by atoms with Gasteiger partial charge in [-0.05, 0) is 19.0 Å². The minimum absolute atomic E-state index is 0. The Morgan fingerprint density at radius 1 is 1.28 bits per heavy atom. The van der Waals surface area contributed by atoms with Crippen LogP contribution < -0.4 is 5.32 Å². The number of rotatable bonds is 5. The maximum absolute atomic E-state index is 13.7. The van der Waals surface area contributed by atoms with E-state index in [0.717, 1.165) is 39.3 Å². The molecule has 2 aliphatic heterocycles. The third-order valence-corrected chi connectivity index (χ3v) is 5.11. The van der Waals surface area contributed by atoms with Crippen molar-refractivity contribution in [2.45, 2.75) is 19.0 Å². The standard InChI is InChI=1S/C18H27FN4O.ClH/c1-21(13-15-4-2-3-5-17(15)19)18(24)14-22-8-10-23(11-9-22)16-6-7-20-12-16;/h2-5,16,20H,6-14H2,1H3;1H. The second-order valence-corrected chi connectivity index (χ2v) is 6.80. The molecule has 2 fully saturated rings. The fourth-order valence-electron chi connectivity index (χ4n) is 3.52. The van der Waals surface area contributed by atoms with E-state index in [2.05, 4.69) is 15.1 Å². The van der Waals surface area contributed by atoms with Crippen LogP contribution in [0.3, 0.4) is 0 Å². The number of carbonyl (C=O) groups is 1. The van der Waals surface area contributed by atoms with Gasteiger partial charge in [-0.1, -0.05) is 18.2 Å². The molecule has 1 atom stereocenters. The quantitative estimate of drug-likeness (QED) is 0.845. The van der Waals surface area contributed by atoms with Crippen LogP contribution in [0.25, 0.3) is 0 Å². The zero-order chi connectivity index (χ0) is 16.9. The number of amides is 1. The van der Waals surface area contributed by atoms with Crippen molar-refractivity contribution in [3.05, 3.63) is 35.6 Å². The number of benzene rings is 1. The molecule has 25 heavy (non-hydrogen) atoms. The molecular formula is C18H28ClFN4O. The third-order valence-electron chi connectivity index (χ3n) is 5.11. The Kier molecular flexibility index (Phi) is 7.62. The summed E-state index contributed by atoms with van der Waals surface area (Å²) in [5.41, 5.74) is 0.562. The van der Waals surface area contributed by atoms with E-state index in [0.29, 0.717) is 24.7 Å². The Labute approximate surface area is 155 Å². The Balaban J connectivity index is 0.00000225. The summed E-state index contributed by atoms with van der Waals surface area (Å²) in [6.07, 6.45) is 1.23. The topological polar surface area (TPSA) is 38.8 Å². The SMILES string of the molecule is CN(Cc1ccccc1F)C(=O)CN1CCN(C2CCNC2)CC1.Cl. The van der Waals surface area contributed by atoms with Crippen LogP contribution in [0.4, 0.5) is 4.39 Å². The van der Waals surface area contributed by atoms with Crippen molar-refractivity contribution in [3.63, 3.8) is 0 Å². The molecule has 1 unspecified atom stereocenters. The van der Waals surface area contributed by atoms with Gasteiger partial charge < -0.3 is 10.2 Å². The summed E-state index contributed by atoms with van der Waals surface area (Å²) >= 11 is 0. The van der Waals surface area contributed by atoms with Crippen molar-refractivity contribution in [2.75, 3.05) is 52.9 Å². The molecule has 2 saturated heterocycles. The summed E-state index contributed by atoms with van der Waals surface area (Å²) in [6, 6.07) is 7.29. The van der Waals surface area contributed by atoms with Gasteiger partial charge >= 0.3 is 0 Å². The highest BCUT2D eigenvalue weighted by molar-refractivity contribution is 5.85. The molecule has 5 nitrogen and oxygen atoms in total. The first kappa shape index (κ1) is 20.1. The lowest BCUT2D eigenvalue weighted by atomic mass is 10.2. The van der Waals surface area contributed by atoms with Gasteiger partial charge in [0, 0.05) is 57.9 Å². The fourth-order valence-corrected chi connectivity index (χ4v) is 3.52. The van der Waals surface area contributed by atoms with Gasteiger partial charge in [-0.25, -0.2) is 4.39 Å². The predicted molar refractivity (Wildman–Crippen MR) is 99.4 cm³/mol. The Morgan fingerprint density at radius 3 is 2.64 bits per heavy atom. The highest BCUT2D eigenvalue weighted by atomic mass is 35.5. The van der Waals surface area contributed by atoms with E-state index in [9.17, 15) is 9.18 Å². The average molecular weight is 371 g/mol. The van der Waals surface area contributed by atoms with Crippen LogP contribution in [0.15, 0.2) is 24.3 Å². The lowest BCUT2D eigenvalue weighted by Crippen LogP contribution is -2.52. The monoisotopic (exact) mass is 370 g/mol. The van der Waals surface area contributed by atoms with E-state index in [-0.39, 0.29) is 24.1 Å². The Morgan fingerprint density at radius 2 is 2.00 bits per heavy atom. The van der Waals surface area contributed by atoms with E-state index in [1.807, 2.05) is 0 Å². The molecule has 0 bridgehead atoms. The minimum Gasteiger partial charge on any atom is -0.340 e. The van der Waals surface area contributed by atoms with Gasteiger partial charge in [-0.3, -0.25) is 14.6 Å². The molecule has 1 aromatic rings. The number of hydrogen-bond donors (Lipinski definition) is 1. The number of likely N-dealkylation sites (N-methyl/N-ethyl adjacent to an activating group) is 1. The second kappa shape index (κ2) is 9.48. The molecule has 1 aromatic carbocycles. The van der Waals surface area contributed by atoms with Gasteiger partial charge in [0.15, 0.2) is 0 Å². The fraction of sp³-hybridized carbons (Fsp3) is 0.611. The molecule has 7 heteroatoms. The summed E-state index contributed by atoms with van der Waals surface area (Å²) in [4.78, 5) is 18.8. The molecule has 0 saturated carbocycles. The lowest BCUT2D eigenvalue weighted by Gasteiger charge is -2.37. The summed E-state index contributed by atoms with van der Waals surface area (Å²) in [7, 11) is 1.75. The van der Waals surface area contributed by atoms with E-state index in [4.69, 9.17) is 0 Å².